The highest BCUT2D eigenvalue weighted by Crippen LogP contribution is 2.53. The number of fused-ring (bicyclic) bond motifs is 2. The van der Waals surface area contributed by atoms with Gasteiger partial charge in [0, 0.05) is 50.5 Å². The molecule has 1 aliphatic carbocycles. The van der Waals surface area contributed by atoms with E-state index in [1.807, 2.05) is 30.3 Å². The van der Waals surface area contributed by atoms with E-state index in [0.29, 0.717) is 42.7 Å². The molecule has 2 heterocycles. The second-order valence-electron chi connectivity index (χ2n) is 15.7. The van der Waals surface area contributed by atoms with Gasteiger partial charge >= 0.3 is 5.97 Å². The molecule has 2 saturated heterocycles. The van der Waals surface area contributed by atoms with Gasteiger partial charge in [-0.2, -0.15) is 0 Å². The van der Waals surface area contributed by atoms with Gasteiger partial charge in [-0.15, -0.1) is 0 Å². The first-order valence-electron chi connectivity index (χ1n) is 17.9. The Morgan fingerprint density at radius 3 is 2.37 bits per heavy atom. The van der Waals surface area contributed by atoms with Crippen molar-refractivity contribution in [2.24, 2.45) is 10.8 Å². The summed E-state index contributed by atoms with van der Waals surface area (Å²) in [5.41, 5.74) is 6.73. The van der Waals surface area contributed by atoms with Gasteiger partial charge < -0.3 is 25.0 Å². The summed E-state index contributed by atoms with van der Waals surface area (Å²) in [7, 11) is 0. The molecule has 3 aliphatic rings. The van der Waals surface area contributed by atoms with Crippen LogP contribution in [0.1, 0.15) is 107 Å². The number of aliphatic carboxylic acids is 1. The molecule has 8 heteroatoms. The van der Waals surface area contributed by atoms with E-state index in [2.05, 4.69) is 73.5 Å². The average Bonchev–Trinajstić information content (AvgIpc) is 3.32. The van der Waals surface area contributed by atoms with E-state index in [0.717, 1.165) is 52.9 Å². The monoisotopic (exact) mass is 668 g/mol. The number of likely N-dealkylation sites (tertiary alicyclic amines) is 1. The molecule has 3 aromatic rings. The molecule has 5 atom stereocenters. The fourth-order valence-corrected chi connectivity index (χ4v) is 8.66. The maximum absolute atomic E-state index is 12.3. The van der Waals surface area contributed by atoms with E-state index >= 15 is 0 Å². The molecule has 3 fully saturated rings. The van der Waals surface area contributed by atoms with E-state index < -0.39 is 12.3 Å². The van der Waals surface area contributed by atoms with Gasteiger partial charge in [-0.05, 0) is 82.9 Å². The minimum Gasteiger partial charge on any atom is -0.481 e. The van der Waals surface area contributed by atoms with Crippen LogP contribution in [0, 0.1) is 10.8 Å². The highest BCUT2D eigenvalue weighted by Gasteiger charge is 2.50. The Bertz CT molecular complexity index is 1610. The highest BCUT2D eigenvalue weighted by molar-refractivity contribution is 5.76. The number of hydrogen-bond donors (Lipinski definition) is 3. The summed E-state index contributed by atoms with van der Waals surface area (Å²) < 4.78 is 13.5. The Morgan fingerprint density at radius 2 is 1.61 bits per heavy atom. The molecule has 2 aliphatic heterocycles. The Morgan fingerprint density at radius 1 is 0.878 bits per heavy atom. The minimum absolute atomic E-state index is 0.00653. The molecule has 2 unspecified atom stereocenters. The summed E-state index contributed by atoms with van der Waals surface area (Å²) in [5, 5.41) is 21.4. The first kappa shape index (κ1) is 35.3. The Labute approximate surface area is 290 Å². The third kappa shape index (κ3) is 9.17. The molecule has 49 heavy (non-hydrogen) atoms. The van der Waals surface area contributed by atoms with E-state index in [-0.39, 0.29) is 31.1 Å². The fourth-order valence-electron chi connectivity index (χ4n) is 8.66. The predicted molar refractivity (Wildman–Crippen MR) is 189 cm³/mol. The van der Waals surface area contributed by atoms with E-state index in [1.165, 1.54) is 19.3 Å². The van der Waals surface area contributed by atoms with Crippen LogP contribution >= 0.6 is 0 Å². The second kappa shape index (κ2) is 15.1. The maximum atomic E-state index is 12.3. The largest absolute Gasteiger partial charge is 0.481 e. The van der Waals surface area contributed by atoms with Crippen molar-refractivity contribution in [1.29, 1.82) is 0 Å². The van der Waals surface area contributed by atoms with Crippen molar-refractivity contribution >= 4 is 11.9 Å². The van der Waals surface area contributed by atoms with Crippen LogP contribution in [0.25, 0.3) is 11.1 Å². The Kier molecular flexibility index (Phi) is 10.9. The zero-order chi connectivity index (χ0) is 34.6. The van der Waals surface area contributed by atoms with Crippen molar-refractivity contribution in [2.75, 3.05) is 13.1 Å². The second-order valence-corrected chi connectivity index (χ2v) is 15.7. The zero-order valence-electron chi connectivity index (χ0n) is 29.2. The van der Waals surface area contributed by atoms with Crippen molar-refractivity contribution in [3.8, 4) is 11.1 Å². The number of benzene rings is 3. The number of nitrogens with zero attached hydrogens (tertiary/aromatic N) is 1. The summed E-state index contributed by atoms with van der Waals surface area (Å²) in [6, 6.07) is 25.2. The smallest absolute Gasteiger partial charge is 0.303 e. The quantitative estimate of drug-likeness (QED) is 0.161. The molecule has 1 saturated carbocycles. The van der Waals surface area contributed by atoms with Crippen LogP contribution in [0.3, 0.4) is 0 Å². The van der Waals surface area contributed by atoms with Crippen molar-refractivity contribution in [2.45, 2.75) is 110 Å². The maximum Gasteiger partial charge on any atom is 0.303 e. The summed E-state index contributed by atoms with van der Waals surface area (Å²) >= 11 is 0. The topological polar surface area (TPSA) is 108 Å². The number of nitrogens with one attached hydrogen (secondary N) is 1. The van der Waals surface area contributed by atoms with E-state index in [4.69, 9.17) is 14.6 Å². The van der Waals surface area contributed by atoms with Crippen molar-refractivity contribution in [1.82, 2.24) is 10.2 Å². The van der Waals surface area contributed by atoms with Gasteiger partial charge in [-0.3, -0.25) is 14.5 Å². The number of aliphatic hydroxyl groups is 1. The molecule has 1 amide bonds. The van der Waals surface area contributed by atoms with E-state index in [1.54, 1.807) is 0 Å². The number of rotatable bonds is 13. The lowest BCUT2D eigenvalue weighted by Gasteiger charge is -2.41. The van der Waals surface area contributed by atoms with Gasteiger partial charge in [0.05, 0.1) is 18.8 Å². The molecule has 2 bridgehead atoms. The molecule has 0 aromatic heterocycles. The number of carbonyl (C=O) groups is 2. The van der Waals surface area contributed by atoms with Crippen LogP contribution in [0.2, 0.25) is 0 Å². The lowest BCUT2D eigenvalue weighted by atomic mass is 9.65. The zero-order valence-corrected chi connectivity index (χ0v) is 29.2. The van der Waals surface area contributed by atoms with Crippen molar-refractivity contribution in [3.05, 3.63) is 95.1 Å². The highest BCUT2D eigenvalue weighted by atomic mass is 16.7. The molecule has 0 spiro atoms. The average molecular weight is 669 g/mol. The molecule has 3 N–H and O–H groups in total. The van der Waals surface area contributed by atoms with Crippen LogP contribution < -0.4 is 5.32 Å². The number of carboxylic acid groups (broad SMARTS) is 1. The van der Waals surface area contributed by atoms with Crippen molar-refractivity contribution in [3.63, 3.8) is 0 Å². The number of amides is 1. The van der Waals surface area contributed by atoms with Gasteiger partial charge in [0.15, 0.2) is 6.29 Å². The predicted octanol–water partition coefficient (Wildman–Crippen LogP) is 7.55. The lowest BCUT2D eigenvalue weighted by Crippen LogP contribution is -2.42. The molecular weight excluding hydrogens is 616 g/mol. The summed E-state index contributed by atoms with van der Waals surface area (Å²) in [6.07, 6.45) is 5.31. The van der Waals surface area contributed by atoms with Crippen LogP contribution in [0.4, 0.5) is 0 Å². The Hall–Kier alpha value is -3.56. The van der Waals surface area contributed by atoms with Gasteiger partial charge in [0.1, 0.15) is 0 Å². The molecule has 0 radical (unpaired) electrons. The molecule has 8 nitrogen and oxygen atoms in total. The number of hydrogen-bond acceptors (Lipinski definition) is 6. The summed E-state index contributed by atoms with van der Waals surface area (Å²) in [4.78, 5) is 25.7. The van der Waals surface area contributed by atoms with Crippen LogP contribution in [0.15, 0.2) is 72.8 Å². The SMILES string of the molecule is CC1(C)CC2CC(C)(CN2C[C@@H]2C[C@H](c3ccc(CO)cc3)O[C@H](c3cccc(-c4cccc(CNC(=O)CCCCC(=O)O)c4)c3)O2)C1. The summed E-state index contributed by atoms with van der Waals surface area (Å²) in [5.74, 6) is -0.909. The third-order valence-corrected chi connectivity index (χ3v) is 10.5. The number of unbranched alkanes of at least 4 members (excludes halogenated alkanes) is 1. The lowest BCUT2D eigenvalue weighted by molar-refractivity contribution is -0.253. The first-order chi connectivity index (χ1) is 23.5. The Balaban J connectivity index is 1.17. The van der Waals surface area contributed by atoms with Gasteiger partial charge in [-0.1, -0.05) is 81.4 Å². The van der Waals surface area contributed by atoms with Gasteiger partial charge in [-0.25, -0.2) is 0 Å². The third-order valence-electron chi connectivity index (χ3n) is 10.5. The first-order valence-corrected chi connectivity index (χ1v) is 17.9. The van der Waals surface area contributed by atoms with Crippen LogP contribution in [0.5, 0.6) is 0 Å². The number of carbonyl (C=O) groups excluding carboxylic acids is 1. The minimum atomic E-state index is -0.834. The molecule has 6 rings (SSSR count). The van der Waals surface area contributed by atoms with Gasteiger partial charge in [0.2, 0.25) is 5.91 Å². The molecule has 3 aromatic carbocycles. The fraction of sp³-hybridized carbons (Fsp3) is 0.512. The molecular formula is C41H52N2O6. The normalized spacial score (nSPS) is 26.4. The number of aliphatic hydroxyl groups excluding tert-OH is 1. The van der Waals surface area contributed by atoms with Crippen LogP contribution in [-0.2, 0) is 32.2 Å². The number of carboxylic acids is 1. The van der Waals surface area contributed by atoms with Gasteiger partial charge in [0.25, 0.3) is 0 Å². The standard InChI is InChI=1S/C41H52N2O6/c1-40(2)21-34-22-41(3,26-40)27-43(34)24-35-20-36(30-16-14-28(25-44)15-17-30)49-39(48-35)33-11-7-10-32(19-33)31-9-6-8-29(18-31)23-42-37(45)12-4-5-13-38(46)47/h6-11,14-19,34-36,39,44H,4-5,12-13,20-27H2,1-3H3,(H,42,45)(H,46,47)/t34?,35-,36+,39+,41?/m0/s1. The van der Waals surface area contributed by atoms with Crippen molar-refractivity contribution < 1.29 is 29.3 Å². The summed E-state index contributed by atoms with van der Waals surface area (Å²) in [6.45, 7) is 9.71. The molecule has 262 valence electrons. The van der Waals surface area contributed by atoms with E-state index in [9.17, 15) is 14.7 Å². The van der Waals surface area contributed by atoms with Crippen LogP contribution in [-0.4, -0.2) is 52.2 Å². The number of ether oxygens (including phenoxy) is 2.